The molecule has 0 aliphatic heterocycles. The van der Waals surface area contributed by atoms with E-state index >= 15 is 0 Å². The first-order valence-electron chi connectivity index (χ1n) is 3.55. The lowest BCUT2D eigenvalue weighted by molar-refractivity contribution is 0.0945. The summed E-state index contributed by atoms with van der Waals surface area (Å²) in [5.74, 6) is -0.190. The monoisotopic (exact) mass is 335 g/mol. The van der Waals surface area contributed by atoms with Gasteiger partial charge in [-0.15, -0.1) is 16.4 Å². The van der Waals surface area contributed by atoms with Crippen LogP contribution in [0.15, 0.2) is 27.0 Å². The van der Waals surface area contributed by atoms with E-state index in [1.807, 2.05) is 11.4 Å². The summed E-state index contributed by atoms with van der Waals surface area (Å²) >= 11 is 7.61. The van der Waals surface area contributed by atoms with Crippen molar-refractivity contribution >= 4 is 49.1 Å². The highest BCUT2D eigenvalue weighted by atomic mass is 79.9. The zero-order valence-corrected chi connectivity index (χ0v) is 10.6. The van der Waals surface area contributed by atoms with Crippen molar-refractivity contribution in [1.82, 2.24) is 14.8 Å². The van der Waals surface area contributed by atoms with Crippen molar-refractivity contribution in [2.75, 3.05) is 0 Å². The molecule has 0 fully saturated rings. The average Bonchev–Trinajstić information content (AvgIpc) is 2.73. The number of hydrogen-bond donors (Lipinski definition) is 0. The van der Waals surface area contributed by atoms with Gasteiger partial charge in [-0.25, -0.2) is 0 Å². The Morgan fingerprint density at radius 1 is 1.50 bits per heavy atom. The Morgan fingerprint density at radius 2 is 2.29 bits per heavy atom. The van der Waals surface area contributed by atoms with Crippen molar-refractivity contribution in [3.8, 4) is 0 Å². The fourth-order valence-corrected chi connectivity index (χ4v) is 2.52. The van der Waals surface area contributed by atoms with Gasteiger partial charge < -0.3 is 0 Å². The van der Waals surface area contributed by atoms with Crippen molar-refractivity contribution in [2.24, 2.45) is 0 Å². The average molecular weight is 337 g/mol. The van der Waals surface area contributed by atoms with E-state index in [4.69, 9.17) is 0 Å². The van der Waals surface area contributed by atoms with Crippen LogP contribution in [0.4, 0.5) is 0 Å². The summed E-state index contributed by atoms with van der Waals surface area (Å²) < 4.78 is 1.98. The molecule has 72 valence electrons. The minimum absolute atomic E-state index is 0.190. The molecule has 0 aromatic carbocycles. The van der Waals surface area contributed by atoms with E-state index in [0.29, 0.717) is 14.3 Å². The Kier molecular flexibility index (Phi) is 2.80. The van der Waals surface area contributed by atoms with Crippen molar-refractivity contribution in [3.63, 3.8) is 0 Å². The summed E-state index contributed by atoms with van der Waals surface area (Å²) in [6, 6.07) is 3.56. The van der Waals surface area contributed by atoms with Crippen molar-refractivity contribution in [1.29, 1.82) is 0 Å². The maximum Gasteiger partial charge on any atom is 0.290 e. The molecular formula is C7H3Br2N3OS. The number of carbonyl (C=O) groups is 1. The number of aromatic nitrogens is 3. The second kappa shape index (κ2) is 3.92. The molecular weight excluding hydrogens is 334 g/mol. The molecule has 14 heavy (non-hydrogen) atoms. The molecule has 2 rings (SSSR count). The highest BCUT2D eigenvalue weighted by molar-refractivity contribution is 9.11. The molecule has 0 saturated carbocycles. The van der Waals surface area contributed by atoms with Crippen LogP contribution in [0.2, 0.25) is 0 Å². The molecule has 0 aliphatic rings. The molecule has 2 heterocycles. The number of halogens is 2. The lowest BCUT2D eigenvalue weighted by Crippen LogP contribution is -2.12. The van der Waals surface area contributed by atoms with Gasteiger partial charge in [0.05, 0.1) is 4.88 Å². The van der Waals surface area contributed by atoms with E-state index in [1.165, 1.54) is 16.0 Å². The van der Waals surface area contributed by atoms with Gasteiger partial charge in [-0.2, -0.15) is 9.67 Å². The van der Waals surface area contributed by atoms with E-state index < -0.39 is 0 Å². The molecule has 0 unspecified atom stereocenters. The Hall–Kier alpha value is -0.530. The molecule has 0 radical (unpaired) electrons. The molecule has 0 N–H and O–H groups in total. The normalized spacial score (nSPS) is 10.4. The molecule has 0 spiro atoms. The number of thiophene rings is 1. The van der Waals surface area contributed by atoms with Crippen LogP contribution in [0.1, 0.15) is 9.67 Å². The number of rotatable bonds is 1. The maximum absolute atomic E-state index is 11.8. The zero-order chi connectivity index (χ0) is 10.1. The lowest BCUT2D eigenvalue weighted by Gasteiger charge is -1.96. The second-order valence-electron chi connectivity index (χ2n) is 2.34. The van der Waals surface area contributed by atoms with Crippen LogP contribution >= 0.6 is 43.2 Å². The standard InChI is InChI=1S/C7H3Br2N3OS/c8-6-10-7(9)12(11-6)5(13)4-2-1-3-14-4/h1-3H. The van der Waals surface area contributed by atoms with Crippen LogP contribution in [-0.2, 0) is 0 Å². The maximum atomic E-state index is 11.8. The Balaban J connectivity index is 2.41. The summed E-state index contributed by atoms with van der Waals surface area (Å²) in [5, 5.41) is 5.74. The number of hydrogen-bond acceptors (Lipinski definition) is 4. The summed E-state index contributed by atoms with van der Waals surface area (Å²) in [5.41, 5.74) is 0. The Labute approximate surface area is 100 Å². The third-order valence-electron chi connectivity index (χ3n) is 1.47. The van der Waals surface area contributed by atoms with E-state index in [2.05, 4.69) is 41.9 Å². The van der Waals surface area contributed by atoms with Gasteiger partial charge in [-0.3, -0.25) is 4.79 Å². The largest absolute Gasteiger partial charge is 0.290 e. The first-order chi connectivity index (χ1) is 6.68. The molecule has 0 aliphatic carbocycles. The van der Waals surface area contributed by atoms with Gasteiger partial charge in [-0.1, -0.05) is 6.07 Å². The zero-order valence-electron chi connectivity index (χ0n) is 6.65. The van der Waals surface area contributed by atoms with Crippen LogP contribution in [-0.4, -0.2) is 20.7 Å². The molecule has 0 saturated heterocycles. The van der Waals surface area contributed by atoms with Gasteiger partial charge >= 0.3 is 0 Å². The highest BCUT2D eigenvalue weighted by Crippen LogP contribution is 2.16. The van der Waals surface area contributed by atoms with Crippen LogP contribution in [0.3, 0.4) is 0 Å². The summed E-state index contributed by atoms with van der Waals surface area (Å²) in [7, 11) is 0. The third kappa shape index (κ3) is 1.79. The van der Waals surface area contributed by atoms with Crippen molar-refractivity contribution < 1.29 is 4.79 Å². The van der Waals surface area contributed by atoms with Gasteiger partial charge in [0.15, 0.2) is 0 Å². The Bertz CT molecular complexity index is 465. The lowest BCUT2D eigenvalue weighted by atomic mass is 10.4. The summed E-state index contributed by atoms with van der Waals surface area (Å²) in [6.07, 6.45) is 0. The molecule has 2 aromatic rings. The smallest absolute Gasteiger partial charge is 0.266 e. The molecule has 2 aromatic heterocycles. The predicted molar refractivity (Wildman–Crippen MR) is 59.5 cm³/mol. The molecule has 0 atom stereocenters. The Morgan fingerprint density at radius 3 is 2.79 bits per heavy atom. The molecule has 0 amide bonds. The van der Waals surface area contributed by atoms with Gasteiger partial charge in [0, 0.05) is 0 Å². The first-order valence-corrected chi connectivity index (χ1v) is 6.01. The van der Waals surface area contributed by atoms with Gasteiger partial charge in [-0.05, 0) is 43.3 Å². The number of carbonyl (C=O) groups excluding carboxylic acids is 1. The van der Waals surface area contributed by atoms with Crippen LogP contribution in [0.25, 0.3) is 0 Å². The van der Waals surface area contributed by atoms with E-state index in [1.54, 1.807) is 6.07 Å². The van der Waals surface area contributed by atoms with E-state index in [9.17, 15) is 4.79 Å². The molecule has 7 heteroatoms. The fraction of sp³-hybridized carbons (Fsp3) is 0. The third-order valence-corrected chi connectivity index (χ3v) is 3.17. The topological polar surface area (TPSA) is 47.8 Å². The van der Waals surface area contributed by atoms with Crippen LogP contribution in [0.5, 0.6) is 0 Å². The van der Waals surface area contributed by atoms with E-state index in [-0.39, 0.29) is 5.91 Å². The number of nitrogens with zero attached hydrogens (tertiary/aromatic N) is 3. The van der Waals surface area contributed by atoms with E-state index in [0.717, 1.165) is 0 Å². The minimum Gasteiger partial charge on any atom is -0.266 e. The van der Waals surface area contributed by atoms with Gasteiger partial charge in [0.2, 0.25) is 9.47 Å². The second-order valence-corrected chi connectivity index (χ2v) is 4.71. The summed E-state index contributed by atoms with van der Waals surface area (Å²) in [4.78, 5) is 16.3. The predicted octanol–water partition coefficient (Wildman–Crippen LogP) is 2.55. The van der Waals surface area contributed by atoms with Crippen molar-refractivity contribution in [3.05, 3.63) is 31.9 Å². The van der Waals surface area contributed by atoms with Crippen LogP contribution in [0, 0.1) is 0 Å². The summed E-state index contributed by atoms with van der Waals surface area (Å²) in [6.45, 7) is 0. The molecule has 0 bridgehead atoms. The van der Waals surface area contributed by atoms with Gasteiger partial charge in [0.25, 0.3) is 5.91 Å². The highest BCUT2D eigenvalue weighted by Gasteiger charge is 2.15. The molecule has 4 nitrogen and oxygen atoms in total. The van der Waals surface area contributed by atoms with Gasteiger partial charge in [0.1, 0.15) is 0 Å². The SMILES string of the molecule is O=C(c1cccs1)n1nc(Br)nc1Br. The minimum atomic E-state index is -0.190. The van der Waals surface area contributed by atoms with Crippen molar-refractivity contribution in [2.45, 2.75) is 0 Å². The fourth-order valence-electron chi connectivity index (χ4n) is 0.903. The first kappa shape index (κ1) is 10.0. The van der Waals surface area contributed by atoms with Crippen LogP contribution < -0.4 is 0 Å². The quantitative estimate of drug-likeness (QED) is 0.804.